The maximum atomic E-state index is 5.68. The molecule has 0 N–H and O–H groups in total. The summed E-state index contributed by atoms with van der Waals surface area (Å²) in [6.07, 6.45) is 0. The summed E-state index contributed by atoms with van der Waals surface area (Å²) in [6, 6.07) is 19.8. The van der Waals surface area contributed by atoms with E-state index in [9.17, 15) is 0 Å². The fourth-order valence-electron chi connectivity index (χ4n) is 4.32. The molecule has 0 heterocycles. The Kier molecular flexibility index (Phi) is 7.28. The molecule has 0 unspecified atom stereocenters. The van der Waals surface area contributed by atoms with Gasteiger partial charge in [0.25, 0.3) is 0 Å². The fourth-order valence-corrected chi connectivity index (χ4v) is 5.17. The molecule has 0 saturated heterocycles. The standard InChI is InChI=1S/C28H33IO/c1-17(2)22-16-23(18(3)4)27(21-14-11-15-24(30-7)28(21)29)25(19(5)6)26(22)20-12-9-8-10-13-20/h8-19H,1-7H3. The molecule has 3 aromatic carbocycles. The van der Waals surface area contributed by atoms with Crippen molar-refractivity contribution in [2.45, 2.75) is 59.3 Å². The van der Waals surface area contributed by atoms with Crippen LogP contribution in [0, 0.1) is 3.57 Å². The molecule has 0 aliphatic rings. The molecule has 30 heavy (non-hydrogen) atoms. The molecule has 0 aromatic heterocycles. The van der Waals surface area contributed by atoms with Gasteiger partial charge in [-0.3, -0.25) is 0 Å². The highest BCUT2D eigenvalue weighted by Crippen LogP contribution is 2.47. The molecule has 2 heteroatoms. The van der Waals surface area contributed by atoms with E-state index in [1.807, 2.05) is 0 Å². The molecule has 0 saturated carbocycles. The average Bonchev–Trinajstić information content (AvgIpc) is 2.72. The van der Waals surface area contributed by atoms with Gasteiger partial charge in [0, 0.05) is 0 Å². The smallest absolute Gasteiger partial charge is 0.132 e. The molecule has 0 atom stereocenters. The lowest BCUT2D eigenvalue weighted by Gasteiger charge is -2.28. The second kappa shape index (κ2) is 9.55. The Labute approximate surface area is 196 Å². The van der Waals surface area contributed by atoms with Crippen LogP contribution in [-0.4, -0.2) is 7.11 Å². The summed E-state index contributed by atoms with van der Waals surface area (Å²) in [5, 5.41) is 0. The maximum Gasteiger partial charge on any atom is 0.132 e. The number of halogens is 1. The highest BCUT2D eigenvalue weighted by atomic mass is 127. The largest absolute Gasteiger partial charge is 0.496 e. The Morgan fingerprint density at radius 1 is 0.700 bits per heavy atom. The summed E-state index contributed by atoms with van der Waals surface area (Å²) in [6.45, 7) is 13.9. The van der Waals surface area contributed by atoms with Crippen molar-refractivity contribution in [1.29, 1.82) is 0 Å². The van der Waals surface area contributed by atoms with E-state index < -0.39 is 0 Å². The van der Waals surface area contributed by atoms with Crippen molar-refractivity contribution >= 4 is 22.6 Å². The third-order valence-electron chi connectivity index (χ3n) is 5.76. The van der Waals surface area contributed by atoms with Crippen LogP contribution in [0.5, 0.6) is 5.75 Å². The second-order valence-corrected chi connectivity index (χ2v) is 9.95. The van der Waals surface area contributed by atoms with Crippen molar-refractivity contribution in [3.05, 3.63) is 74.9 Å². The zero-order valence-corrected chi connectivity index (χ0v) is 21.4. The predicted molar refractivity (Wildman–Crippen MR) is 139 cm³/mol. The lowest BCUT2D eigenvalue weighted by molar-refractivity contribution is 0.412. The number of hydrogen-bond donors (Lipinski definition) is 0. The molecule has 1 nitrogen and oxygen atoms in total. The summed E-state index contributed by atoms with van der Waals surface area (Å²) in [7, 11) is 1.76. The van der Waals surface area contributed by atoms with Gasteiger partial charge in [-0.15, -0.1) is 0 Å². The molecule has 3 rings (SSSR count). The summed E-state index contributed by atoms with van der Waals surface area (Å²) in [5.74, 6) is 2.22. The number of methoxy groups -OCH3 is 1. The first-order chi connectivity index (χ1) is 14.3. The van der Waals surface area contributed by atoms with E-state index in [2.05, 4.69) is 119 Å². The van der Waals surface area contributed by atoms with E-state index in [0.717, 1.165) is 5.75 Å². The molecular formula is C28H33IO. The highest BCUT2D eigenvalue weighted by molar-refractivity contribution is 14.1. The van der Waals surface area contributed by atoms with E-state index >= 15 is 0 Å². The molecule has 0 aliphatic carbocycles. The molecule has 0 radical (unpaired) electrons. The van der Waals surface area contributed by atoms with Crippen LogP contribution in [0.25, 0.3) is 22.3 Å². The van der Waals surface area contributed by atoms with Gasteiger partial charge in [0.15, 0.2) is 0 Å². The Hall–Kier alpha value is -1.81. The van der Waals surface area contributed by atoms with Crippen LogP contribution in [0.15, 0.2) is 54.6 Å². The average molecular weight is 512 g/mol. The molecular weight excluding hydrogens is 479 g/mol. The monoisotopic (exact) mass is 512 g/mol. The first kappa shape index (κ1) is 22.9. The Balaban J connectivity index is 2.53. The van der Waals surface area contributed by atoms with Crippen LogP contribution < -0.4 is 4.74 Å². The van der Waals surface area contributed by atoms with Gasteiger partial charge in [0.2, 0.25) is 0 Å². The Morgan fingerprint density at radius 3 is 1.83 bits per heavy atom. The lowest BCUT2D eigenvalue weighted by Crippen LogP contribution is -2.08. The zero-order chi connectivity index (χ0) is 22.0. The van der Waals surface area contributed by atoms with Gasteiger partial charge in [-0.2, -0.15) is 0 Å². The minimum Gasteiger partial charge on any atom is -0.496 e. The highest BCUT2D eigenvalue weighted by Gasteiger charge is 2.26. The van der Waals surface area contributed by atoms with E-state index in [4.69, 9.17) is 4.74 Å². The van der Waals surface area contributed by atoms with Gasteiger partial charge < -0.3 is 4.74 Å². The Morgan fingerprint density at radius 2 is 1.30 bits per heavy atom. The normalized spacial score (nSPS) is 11.6. The van der Waals surface area contributed by atoms with Gasteiger partial charge in [0.1, 0.15) is 5.75 Å². The van der Waals surface area contributed by atoms with Gasteiger partial charge in [0.05, 0.1) is 10.7 Å². The van der Waals surface area contributed by atoms with Crippen LogP contribution in [-0.2, 0) is 0 Å². The molecule has 158 valence electrons. The van der Waals surface area contributed by atoms with Crippen molar-refractivity contribution in [3.8, 4) is 28.0 Å². The van der Waals surface area contributed by atoms with Crippen LogP contribution >= 0.6 is 22.6 Å². The SMILES string of the molecule is COc1cccc(-c2c(C(C)C)cc(C(C)C)c(-c3ccccc3)c2C(C)C)c1I. The summed E-state index contributed by atoms with van der Waals surface area (Å²) in [5.41, 5.74) is 9.67. The summed E-state index contributed by atoms with van der Waals surface area (Å²) >= 11 is 2.45. The minimum absolute atomic E-state index is 0.397. The summed E-state index contributed by atoms with van der Waals surface area (Å²) < 4.78 is 6.86. The number of hydrogen-bond acceptors (Lipinski definition) is 1. The molecule has 3 aromatic rings. The zero-order valence-electron chi connectivity index (χ0n) is 19.2. The molecule has 0 aliphatic heterocycles. The van der Waals surface area contributed by atoms with Crippen molar-refractivity contribution in [3.63, 3.8) is 0 Å². The van der Waals surface area contributed by atoms with Gasteiger partial charge in [-0.25, -0.2) is 0 Å². The van der Waals surface area contributed by atoms with Gasteiger partial charge >= 0.3 is 0 Å². The third-order valence-corrected chi connectivity index (χ3v) is 6.88. The topological polar surface area (TPSA) is 9.23 Å². The second-order valence-electron chi connectivity index (χ2n) is 8.87. The molecule has 0 spiro atoms. The third kappa shape index (κ3) is 4.30. The maximum absolute atomic E-state index is 5.68. The Bertz CT molecular complexity index is 1020. The van der Waals surface area contributed by atoms with Crippen LogP contribution in [0.1, 0.15) is 76.0 Å². The van der Waals surface area contributed by atoms with Crippen molar-refractivity contribution in [2.75, 3.05) is 7.11 Å². The van der Waals surface area contributed by atoms with Crippen molar-refractivity contribution in [1.82, 2.24) is 0 Å². The lowest BCUT2D eigenvalue weighted by atomic mass is 9.76. The predicted octanol–water partition coefficient (Wildman–Crippen LogP) is 9.00. The van der Waals surface area contributed by atoms with Crippen LogP contribution in [0.3, 0.4) is 0 Å². The molecule has 0 amide bonds. The quantitative estimate of drug-likeness (QED) is 0.300. The number of benzene rings is 3. The van der Waals surface area contributed by atoms with E-state index in [1.54, 1.807) is 7.11 Å². The van der Waals surface area contributed by atoms with Crippen molar-refractivity contribution in [2.24, 2.45) is 0 Å². The van der Waals surface area contributed by atoms with Crippen LogP contribution in [0.4, 0.5) is 0 Å². The van der Waals surface area contributed by atoms with E-state index in [1.165, 1.54) is 42.5 Å². The van der Waals surface area contributed by atoms with Crippen molar-refractivity contribution < 1.29 is 4.74 Å². The summed E-state index contributed by atoms with van der Waals surface area (Å²) in [4.78, 5) is 0. The first-order valence-electron chi connectivity index (χ1n) is 10.9. The molecule has 0 bridgehead atoms. The number of rotatable bonds is 6. The van der Waals surface area contributed by atoms with Gasteiger partial charge in [-0.1, -0.05) is 90.1 Å². The first-order valence-corrected chi connectivity index (χ1v) is 11.9. The van der Waals surface area contributed by atoms with E-state index in [0.29, 0.717) is 17.8 Å². The fraction of sp³-hybridized carbons (Fsp3) is 0.357. The minimum atomic E-state index is 0.397. The van der Waals surface area contributed by atoms with Gasteiger partial charge in [-0.05, 0) is 85.4 Å². The number of ether oxygens (including phenoxy) is 1. The molecule has 0 fully saturated rings. The van der Waals surface area contributed by atoms with E-state index in [-0.39, 0.29) is 0 Å². The van der Waals surface area contributed by atoms with Crippen LogP contribution in [0.2, 0.25) is 0 Å².